The minimum atomic E-state index is -1.12. The summed E-state index contributed by atoms with van der Waals surface area (Å²) in [6.45, 7) is -0.258. The Morgan fingerprint density at radius 3 is 1.89 bits per heavy atom. The SMILES string of the molecule is Fc1ccc(CNc2c(F)cc(F)cc2F)c(F)c1. The number of benzene rings is 2. The van der Waals surface area contributed by atoms with Crippen LogP contribution in [-0.2, 0) is 6.54 Å². The van der Waals surface area contributed by atoms with Crippen molar-refractivity contribution in [1.29, 1.82) is 0 Å². The van der Waals surface area contributed by atoms with Crippen LogP contribution < -0.4 is 5.32 Å². The fourth-order valence-electron chi connectivity index (χ4n) is 1.56. The summed E-state index contributed by atoms with van der Waals surface area (Å²) < 4.78 is 65.2. The summed E-state index contributed by atoms with van der Waals surface area (Å²) in [6, 6.07) is 3.85. The van der Waals surface area contributed by atoms with Crippen LogP contribution >= 0.6 is 0 Å². The Balaban J connectivity index is 2.19. The number of rotatable bonds is 3. The molecular weight excluding hydrogens is 265 g/mol. The molecule has 0 radical (unpaired) electrons. The van der Waals surface area contributed by atoms with Crippen LogP contribution in [0, 0.1) is 29.1 Å². The van der Waals surface area contributed by atoms with Crippen LogP contribution in [0.3, 0.4) is 0 Å². The average molecular weight is 273 g/mol. The molecule has 0 unspecified atom stereocenters. The monoisotopic (exact) mass is 273 g/mol. The van der Waals surface area contributed by atoms with E-state index in [9.17, 15) is 22.0 Å². The predicted octanol–water partition coefficient (Wildman–Crippen LogP) is 3.99. The van der Waals surface area contributed by atoms with Gasteiger partial charge in [0.25, 0.3) is 0 Å². The van der Waals surface area contributed by atoms with Crippen LogP contribution in [0.25, 0.3) is 0 Å². The van der Waals surface area contributed by atoms with E-state index in [1.54, 1.807) is 0 Å². The molecule has 100 valence electrons. The van der Waals surface area contributed by atoms with E-state index in [-0.39, 0.29) is 12.1 Å². The van der Waals surface area contributed by atoms with Crippen molar-refractivity contribution in [2.24, 2.45) is 0 Å². The lowest BCUT2D eigenvalue weighted by molar-refractivity contribution is 0.545. The molecule has 0 aliphatic rings. The number of nitrogens with one attached hydrogen (secondary N) is 1. The lowest BCUT2D eigenvalue weighted by Gasteiger charge is -2.09. The third-order valence-corrected chi connectivity index (χ3v) is 2.48. The van der Waals surface area contributed by atoms with Crippen LogP contribution in [0.15, 0.2) is 30.3 Å². The Bertz CT molecular complexity index is 589. The molecule has 0 spiro atoms. The lowest BCUT2D eigenvalue weighted by atomic mass is 10.2. The Labute approximate surface area is 105 Å². The molecule has 0 saturated carbocycles. The number of hydrogen-bond donors (Lipinski definition) is 1. The average Bonchev–Trinajstić information content (AvgIpc) is 2.30. The van der Waals surface area contributed by atoms with Crippen molar-refractivity contribution in [2.45, 2.75) is 6.54 Å². The van der Waals surface area contributed by atoms with E-state index in [2.05, 4.69) is 5.32 Å². The molecule has 2 aromatic rings. The zero-order valence-electron chi connectivity index (χ0n) is 9.48. The van der Waals surface area contributed by atoms with Crippen LogP contribution in [0.1, 0.15) is 5.56 Å². The van der Waals surface area contributed by atoms with Gasteiger partial charge in [0, 0.05) is 30.3 Å². The summed E-state index contributed by atoms with van der Waals surface area (Å²) in [6.07, 6.45) is 0. The second-order valence-electron chi connectivity index (χ2n) is 3.83. The lowest BCUT2D eigenvalue weighted by Crippen LogP contribution is -2.06. The summed E-state index contributed by atoms with van der Waals surface area (Å²) in [7, 11) is 0. The van der Waals surface area contributed by atoms with Gasteiger partial charge >= 0.3 is 0 Å². The molecule has 6 heteroatoms. The fraction of sp³-hybridized carbons (Fsp3) is 0.0769. The molecule has 0 saturated heterocycles. The third-order valence-electron chi connectivity index (χ3n) is 2.48. The highest BCUT2D eigenvalue weighted by atomic mass is 19.2. The molecule has 0 amide bonds. The van der Waals surface area contributed by atoms with Crippen molar-refractivity contribution >= 4 is 5.69 Å². The molecule has 19 heavy (non-hydrogen) atoms. The van der Waals surface area contributed by atoms with Crippen molar-refractivity contribution in [1.82, 2.24) is 0 Å². The summed E-state index contributed by atoms with van der Waals surface area (Å²) in [5, 5.41) is 2.31. The maximum atomic E-state index is 13.3. The fourth-order valence-corrected chi connectivity index (χ4v) is 1.56. The maximum absolute atomic E-state index is 13.3. The van der Waals surface area contributed by atoms with E-state index in [4.69, 9.17) is 0 Å². The van der Waals surface area contributed by atoms with E-state index in [1.807, 2.05) is 0 Å². The topological polar surface area (TPSA) is 12.0 Å². The molecule has 1 N–H and O–H groups in total. The molecular formula is C13H8F5N. The summed E-state index contributed by atoms with van der Waals surface area (Å²) >= 11 is 0. The molecule has 0 aliphatic carbocycles. The van der Waals surface area contributed by atoms with Crippen LogP contribution in [0.2, 0.25) is 0 Å². The molecule has 0 aliphatic heterocycles. The quantitative estimate of drug-likeness (QED) is 0.834. The zero-order valence-corrected chi connectivity index (χ0v) is 9.48. The third kappa shape index (κ3) is 3.01. The van der Waals surface area contributed by atoms with Gasteiger partial charge in [-0.05, 0) is 6.07 Å². The van der Waals surface area contributed by atoms with E-state index in [1.165, 1.54) is 0 Å². The minimum absolute atomic E-state index is 0.0320. The Morgan fingerprint density at radius 2 is 1.32 bits per heavy atom. The van der Waals surface area contributed by atoms with E-state index in [0.29, 0.717) is 18.2 Å². The summed E-state index contributed by atoms with van der Waals surface area (Å²) in [5.41, 5.74) is -0.533. The molecule has 0 aromatic heterocycles. The van der Waals surface area contributed by atoms with Crippen molar-refractivity contribution in [3.05, 3.63) is 65.0 Å². The Morgan fingerprint density at radius 1 is 0.737 bits per heavy atom. The second kappa shape index (κ2) is 5.26. The van der Waals surface area contributed by atoms with Gasteiger partial charge in [-0.15, -0.1) is 0 Å². The molecule has 0 fully saturated rings. The van der Waals surface area contributed by atoms with Crippen molar-refractivity contribution in [3.8, 4) is 0 Å². The van der Waals surface area contributed by atoms with Gasteiger partial charge in [0.05, 0.1) is 0 Å². The minimum Gasteiger partial charge on any atom is -0.376 e. The van der Waals surface area contributed by atoms with Gasteiger partial charge in [0.15, 0.2) is 11.6 Å². The van der Waals surface area contributed by atoms with Crippen molar-refractivity contribution in [3.63, 3.8) is 0 Å². The van der Waals surface area contributed by atoms with Crippen LogP contribution in [-0.4, -0.2) is 0 Å². The first-order chi connectivity index (χ1) is 8.97. The van der Waals surface area contributed by atoms with Crippen molar-refractivity contribution in [2.75, 3.05) is 5.32 Å². The molecule has 0 bridgehead atoms. The maximum Gasteiger partial charge on any atom is 0.152 e. The second-order valence-corrected chi connectivity index (χ2v) is 3.83. The highest BCUT2D eigenvalue weighted by molar-refractivity contribution is 5.47. The first kappa shape index (κ1) is 13.3. The van der Waals surface area contributed by atoms with Gasteiger partial charge in [-0.25, -0.2) is 22.0 Å². The van der Waals surface area contributed by atoms with Gasteiger partial charge < -0.3 is 5.32 Å². The number of halogens is 5. The largest absolute Gasteiger partial charge is 0.376 e. The standard InChI is InChI=1S/C13H8F5N/c14-8-2-1-7(10(16)3-8)6-19-13-11(17)4-9(15)5-12(13)18/h1-5,19H,6H2. The Hall–Kier alpha value is -2.11. The van der Waals surface area contributed by atoms with Gasteiger partial charge in [-0.3, -0.25) is 0 Å². The first-order valence-corrected chi connectivity index (χ1v) is 5.29. The van der Waals surface area contributed by atoms with E-state index in [0.717, 1.165) is 12.1 Å². The molecule has 0 heterocycles. The van der Waals surface area contributed by atoms with Gasteiger partial charge in [0.2, 0.25) is 0 Å². The summed E-state index contributed by atoms with van der Waals surface area (Å²) in [5.74, 6) is -4.88. The molecule has 2 aromatic carbocycles. The predicted molar refractivity (Wildman–Crippen MR) is 60.0 cm³/mol. The highest BCUT2D eigenvalue weighted by Crippen LogP contribution is 2.21. The van der Waals surface area contributed by atoms with Crippen molar-refractivity contribution < 1.29 is 22.0 Å². The molecule has 0 atom stereocenters. The highest BCUT2D eigenvalue weighted by Gasteiger charge is 2.12. The van der Waals surface area contributed by atoms with E-state index < -0.39 is 34.8 Å². The van der Waals surface area contributed by atoms with Gasteiger partial charge in [-0.2, -0.15) is 0 Å². The normalized spacial score (nSPS) is 10.6. The number of anilines is 1. The smallest absolute Gasteiger partial charge is 0.152 e. The van der Waals surface area contributed by atoms with Crippen LogP contribution in [0.4, 0.5) is 27.6 Å². The van der Waals surface area contributed by atoms with Crippen LogP contribution in [0.5, 0.6) is 0 Å². The van der Waals surface area contributed by atoms with Gasteiger partial charge in [0.1, 0.15) is 23.1 Å². The summed E-state index contributed by atoms with van der Waals surface area (Å²) in [4.78, 5) is 0. The van der Waals surface area contributed by atoms with Gasteiger partial charge in [-0.1, -0.05) is 6.07 Å². The molecule has 2 rings (SSSR count). The molecule has 1 nitrogen and oxygen atoms in total. The number of hydrogen-bond acceptors (Lipinski definition) is 1. The Kier molecular flexibility index (Phi) is 3.69. The first-order valence-electron chi connectivity index (χ1n) is 5.29. The van der Waals surface area contributed by atoms with E-state index >= 15 is 0 Å². The zero-order chi connectivity index (χ0) is 14.0.